The standard InChI is InChI=1S/C18H20O9/c1-7(2)15(21)27-18(5-3-4-6-18)17(23)26-13-10-8(14(19)20)9-11(24-10)12(13)25-16(9)22/h8-13H,1,3-6H2,2H3,(H,19,20). The van der Waals surface area contributed by atoms with Crippen molar-refractivity contribution >= 4 is 23.9 Å². The van der Waals surface area contributed by atoms with Gasteiger partial charge in [-0.1, -0.05) is 6.58 Å². The Balaban J connectivity index is 1.55. The van der Waals surface area contributed by atoms with Crippen LogP contribution >= 0.6 is 0 Å². The highest BCUT2D eigenvalue weighted by molar-refractivity contribution is 5.91. The molecule has 4 fully saturated rings. The van der Waals surface area contributed by atoms with Crippen molar-refractivity contribution in [3.63, 3.8) is 0 Å². The second kappa shape index (κ2) is 6.05. The summed E-state index contributed by atoms with van der Waals surface area (Å²) in [5.41, 5.74) is -1.27. The number of hydrogen-bond donors (Lipinski definition) is 1. The van der Waals surface area contributed by atoms with Crippen molar-refractivity contribution in [2.45, 2.75) is 62.6 Å². The number of rotatable bonds is 5. The number of fused-ring (bicyclic) bond motifs is 1. The van der Waals surface area contributed by atoms with Crippen LogP contribution in [0.4, 0.5) is 0 Å². The Bertz CT molecular complexity index is 735. The topological polar surface area (TPSA) is 125 Å². The Morgan fingerprint density at radius 1 is 1.19 bits per heavy atom. The Morgan fingerprint density at radius 2 is 1.85 bits per heavy atom. The number of hydrogen-bond acceptors (Lipinski definition) is 8. The minimum atomic E-state index is -1.43. The molecule has 3 aliphatic heterocycles. The van der Waals surface area contributed by atoms with Crippen LogP contribution in [0.25, 0.3) is 0 Å². The second-order valence-electron chi connectivity index (χ2n) is 7.60. The molecule has 6 unspecified atom stereocenters. The fraction of sp³-hybridized carbons (Fsp3) is 0.667. The van der Waals surface area contributed by atoms with Crippen molar-refractivity contribution in [3.05, 3.63) is 12.2 Å². The van der Waals surface area contributed by atoms with Gasteiger partial charge in [0.25, 0.3) is 0 Å². The van der Waals surface area contributed by atoms with Crippen LogP contribution < -0.4 is 0 Å². The van der Waals surface area contributed by atoms with E-state index in [1.54, 1.807) is 0 Å². The van der Waals surface area contributed by atoms with Gasteiger partial charge in [-0.3, -0.25) is 9.59 Å². The van der Waals surface area contributed by atoms with E-state index in [4.69, 9.17) is 18.9 Å². The van der Waals surface area contributed by atoms with Gasteiger partial charge in [-0.25, -0.2) is 9.59 Å². The maximum Gasteiger partial charge on any atom is 0.351 e. The lowest BCUT2D eigenvalue weighted by Gasteiger charge is -2.31. The van der Waals surface area contributed by atoms with E-state index in [0.29, 0.717) is 25.7 Å². The van der Waals surface area contributed by atoms with E-state index in [2.05, 4.69) is 6.58 Å². The van der Waals surface area contributed by atoms with E-state index in [1.807, 2.05) is 0 Å². The molecule has 9 heteroatoms. The van der Waals surface area contributed by atoms with Gasteiger partial charge >= 0.3 is 23.9 Å². The van der Waals surface area contributed by atoms with E-state index in [0.717, 1.165) is 0 Å². The summed E-state index contributed by atoms with van der Waals surface area (Å²) >= 11 is 0. The Hall–Kier alpha value is -2.42. The smallest absolute Gasteiger partial charge is 0.351 e. The van der Waals surface area contributed by atoms with Crippen LogP contribution in [-0.2, 0) is 38.1 Å². The number of carboxylic acid groups (broad SMARTS) is 1. The Kier molecular flexibility index (Phi) is 4.03. The summed E-state index contributed by atoms with van der Waals surface area (Å²) in [7, 11) is 0. The first kappa shape index (κ1) is 18.0. The van der Waals surface area contributed by atoms with E-state index in [1.165, 1.54) is 6.92 Å². The van der Waals surface area contributed by atoms with Crippen molar-refractivity contribution in [2.24, 2.45) is 11.8 Å². The van der Waals surface area contributed by atoms with Crippen LogP contribution in [0.2, 0.25) is 0 Å². The molecule has 1 aliphatic carbocycles. The van der Waals surface area contributed by atoms with E-state index in [-0.39, 0.29) is 5.57 Å². The average Bonchev–Trinajstić information content (AvgIpc) is 3.32. The summed E-state index contributed by atoms with van der Waals surface area (Å²) in [5, 5.41) is 9.46. The molecule has 0 spiro atoms. The highest BCUT2D eigenvalue weighted by atomic mass is 16.7. The normalized spacial score (nSPS) is 37.7. The zero-order chi connectivity index (χ0) is 19.5. The fourth-order valence-electron chi connectivity index (χ4n) is 4.54. The Labute approximate surface area is 154 Å². The zero-order valence-corrected chi connectivity index (χ0v) is 14.7. The molecule has 2 bridgehead atoms. The van der Waals surface area contributed by atoms with Gasteiger partial charge in [-0.15, -0.1) is 0 Å². The molecule has 0 aromatic heterocycles. The molecule has 6 atom stereocenters. The third-order valence-corrected chi connectivity index (χ3v) is 5.85. The van der Waals surface area contributed by atoms with Crippen molar-refractivity contribution in [1.82, 2.24) is 0 Å². The summed E-state index contributed by atoms with van der Waals surface area (Å²) in [6.45, 7) is 5.00. The van der Waals surface area contributed by atoms with Crippen molar-refractivity contribution < 1.29 is 43.2 Å². The molecule has 1 N–H and O–H groups in total. The van der Waals surface area contributed by atoms with Crippen LogP contribution in [0.1, 0.15) is 32.6 Å². The van der Waals surface area contributed by atoms with Crippen molar-refractivity contribution in [3.8, 4) is 0 Å². The molecule has 3 heterocycles. The van der Waals surface area contributed by atoms with Crippen LogP contribution in [-0.4, -0.2) is 59.0 Å². The molecule has 9 nitrogen and oxygen atoms in total. The first-order chi connectivity index (χ1) is 12.7. The molecule has 146 valence electrons. The molecule has 0 radical (unpaired) electrons. The lowest BCUT2D eigenvalue weighted by Crippen LogP contribution is -2.51. The first-order valence-electron chi connectivity index (χ1n) is 8.94. The number of carbonyl (C=O) groups excluding carboxylic acids is 3. The Morgan fingerprint density at radius 3 is 2.44 bits per heavy atom. The van der Waals surface area contributed by atoms with Gasteiger partial charge in [0, 0.05) is 5.57 Å². The molecule has 1 saturated carbocycles. The highest BCUT2D eigenvalue weighted by Crippen LogP contribution is 2.51. The first-order valence-corrected chi connectivity index (χ1v) is 8.94. The molecule has 4 aliphatic rings. The number of aliphatic carboxylic acids is 1. The monoisotopic (exact) mass is 380 g/mol. The third kappa shape index (κ3) is 2.55. The number of carbonyl (C=O) groups is 4. The van der Waals surface area contributed by atoms with E-state index < -0.39 is 65.7 Å². The molecular formula is C18H20O9. The summed E-state index contributed by atoms with van der Waals surface area (Å²) < 4.78 is 21.8. The summed E-state index contributed by atoms with van der Waals surface area (Å²) in [5.74, 6) is -5.31. The minimum Gasteiger partial charge on any atom is -0.481 e. The second-order valence-corrected chi connectivity index (χ2v) is 7.60. The molecule has 27 heavy (non-hydrogen) atoms. The molecular weight excluding hydrogens is 360 g/mol. The van der Waals surface area contributed by atoms with Gasteiger partial charge in [0.05, 0.1) is 0 Å². The van der Waals surface area contributed by atoms with Gasteiger partial charge in [-0.05, 0) is 32.6 Å². The average molecular weight is 380 g/mol. The van der Waals surface area contributed by atoms with Crippen molar-refractivity contribution in [2.75, 3.05) is 0 Å². The maximum atomic E-state index is 12.9. The molecule has 0 aromatic rings. The van der Waals surface area contributed by atoms with Gasteiger partial charge in [-0.2, -0.15) is 0 Å². The SMILES string of the molecule is C=C(C)C(=O)OC1(C(=O)OC2C3OC(=O)C4C3OC2C4C(=O)O)CCCC1. The van der Waals surface area contributed by atoms with Gasteiger partial charge < -0.3 is 24.1 Å². The lowest BCUT2D eigenvalue weighted by atomic mass is 9.78. The lowest BCUT2D eigenvalue weighted by molar-refractivity contribution is -0.189. The minimum absolute atomic E-state index is 0.163. The summed E-state index contributed by atoms with van der Waals surface area (Å²) in [4.78, 5) is 48.5. The zero-order valence-electron chi connectivity index (χ0n) is 14.7. The van der Waals surface area contributed by atoms with Gasteiger partial charge in [0.1, 0.15) is 24.0 Å². The maximum absolute atomic E-state index is 12.9. The van der Waals surface area contributed by atoms with Gasteiger partial charge in [0.15, 0.2) is 12.2 Å². The van der Waals surface area contributed by atoms with E-state index >= 15 is 0 Å². The van der Waals surface area contributed by atoms with Crippen LogP contribution in [0.15, 0.2) is 12.2 Å². The third-order valence-electron chi connectivity index (χ3n) is 5.85. The molecule has 4 rings (SSSR count). The van der Waals surface area contributed by atoms with Crippen molar-refractivity contribution in [1.29, 1.82) is 0 Å². The largest absolute Gasteiger partial charge is 0.481 e. The fourth-order valence-corrected chi connectivity index (χ4v) is 4.54. The van der Waals surface area contributed by atoms with Crippen LogP contribution in [0, 0.1) is 11.8 Å². The van der Waals surface area contributed by atoms with Gasteiger partial charge in [0.2, 0.25) is 5.60 Å². The molecule has 3 saturated heterocycles. The summed E-state index contributed by atoms with van der Waals surface area (Å²) in [6.07, 6.45) is -1.58. The molecule has 0 amide bonds. The predicted octanol–water partition coefficient (Wildman–Crippen LogP) is 0.354. The highest BCUT2D eigenvalue weighted by Gasteiger charge is 2.72. The van der Waals surface area contributed by atoms with E-state index in [9.17, 15) is 24.3 Å². The number of ether oxygens (including phenoxy) is 4. The van der Waals surface area contributed by atoms with Crippen LogP contribution in [0.5, 0.6) is 0 Å². The summed E-state index contributed by atoms with van der Waals surface area (Å²) in [6, 6.07) is 0. The van der Waals surface area contributed by atoms with Crippen LogP contribution in [0.3, 0.4) is 0 Å². The molecule has 0 aromatic carbocycles. The number of esters is 3. The quantitative estimate of drug-likeness (QED) is 0.408. The predicted molar refractivity (Wildman–Crippen MR) is 85.1 cm³/mol. The number of carboxylic acids is 1.